The van der Waals surface area contributed by atoms with Crippen molar-refractivity contribution in [2.24, 2.45) is 0 Å². The number of halogens is 1. The average molecular weight is 783 g/mol. The Morgan fingerprint density at radius 1 is 0.759 bits per heavy atom. The van der Waals surface area contributed by atoms with Gasteiger partial charge in [0.1, 0.15) is 22.8 Å². The lowest BCUT2D eigenvalue weighted by atomic mass is 9.80. The van der Waals surface area contributed by atoms with Gasteiger partial charge in [0.2, 0.25) is 0 Å². The van der Waals surface area contributed by atoms with E-state index >= 15 is 0 Å². The van der Waals surface area contributed by atoms with Crippen molar-refractivity contribution in [3.8, 4) is 22.6 Å². The Kier molecular flexibility index (Phi) is 11.2. The summed E-state index contributed by atoms with van der Waals surface area (Å²) < 4.78 is 20.7. The van der Waals surface area contributed by atoms with Gasteiger partial charge in [-0.25, -0.2) is 0 Å². The number of aliphatic hydroxyl groups excluding tert-OH is 1. The minimum atomic E-state index is -1.01. The van der Waals surface area contributed by atoms with Crippen LogP contribution in [0.5, 0.6) is 11.5 Å². The van der Waals surface area contributed by atoms with Crippen LogP contribution in [0.25, 0.3) is 22.0 Å². The molecule has 2 aromatic heterocycles. The predicted octanol–water partition coefficient (Wildman–Crippen LogP) is 8.76. The number of carbonyl (C=O) groups is 1. The highest BCUT2D eigenvalue weighted by atomic mass is 79.9. The van der Waals surface area contributed by atoms with Crippen LogP contribution in [0.4, 0.5) is 0 Å². The minimum Gasteiger partial charge on any atom is -0.497 e. The number of hydrogen-bond acceptors (Lipinski definition) is 6. The lowest BCUT2D eigenvalue weighted by Crippen LogP contribution is -2.37. The van der Waals surface area contributed by atoms with Crippen molar-refractivity contribution in [2.75, 3.05) is 27.4 Å². The van der Waals surface area contributed by atoms with Gasteiger partial charge in [0.05, 0.1) is 37.4 Å². The fourth-order valence-corrected chi connectivity index (χ4v) is 7.60. The molecule has 0 fully saturated rings. The van der Waals surface area contributed by atoms with Crippen LogP contribution in [0.1, 0.15) is 38.3 Å². The third-order valence-electron chi connectivity index (χ3n) is 9.64. The van der Waals surface area contributed by atoms with Crippen LogP contribution in [0, 0.1) is 0 Å². The molecule has 0 bridgehead atoms. The number of methoxy groups -OCH3 is 2. The van der Waals surface area contributed by atoms with Gasteiger partial charge in [-0.05, 0) is 85.7 Å². The molecule has 7 aromatic rings. The van der Waals surface area contributed by atoms with E-state index in [9.17, 15) is 9.90 Å². The number of rotatable bonds is 14. The summed E-state index contributed by atoms with van der Waals surface area (Å²) >= 11 is 3.80. The molecule has 1 amide bonds. The molecule has 0 spiro atoms. The number of amides is 1. The van der Waals surface area contributed by atoms with Gasteiger partial charge in [-0.15, -0.1) is 0 Å². The molecular weight excluding hydrogens is 742 g/mol. The van der Waals surface area contributed by atoms with Gasteiger partial charge in [-0.1, -0.05) is 97.1 Å². The van der Waals surface area contributed by atoms with E-state index in [1.807, 2.05) is 126 Å². The summed E-state index contributed by atoms with van der Waals surface area (Å²) in [6, 6.07) is 43.7. The molecule has 0 aliphatic rings. The number of aliphatic hydroxyl groups is 1. The van der Waals surface area contributed by atoms with Crippen molar-refractivity contribution in [3.05, 3.63) is 184 Å². The molecule has 0 unspecified atom stereocenters. The highest BCUT2D eigenvalue weighted by Crippen LogP contribution is 2.42. The predicted molar refractivity (Wildman–Crippen MR) is 215 cm³/mol. The van der Waals surface area contributed by atoms with Crippen LogP contribution in [0.15, 0.2) is 150 Å². The Labute approximate surface area is 323 Å². The number of ether oxygens (including phenoxy) is 3. The molecule has 2 N–H and O–H groups in total. The monoisotopic (exact) mass is 781 g/mol. The Balaban J connectivity index is 1.22. The SMILES string of the molecule is COc1ccc(C(OCCNC(=O)c2c(Br)c3ccc(-c4cccnc4)cc3n2Cc2ccc(CO)cc2)(c2ccccc2)c2ccc(OC)cc2)cc1. The molecule has 0 radical (unpaired) electrons. The highest BCUT2D eigenvalue weighted by molar-refractivity contribution is 9.10. The molecule has 0 saturated heterocycles. The zero-order valence-electron chi connectivity index (χ0n) is 30.0. The molecule has 0 aliphatic heterocycles. The summed E-state index contributed by atoms with van der Waals surface area (Å²) in [7, 11) is 3.29. The first-order valence-electron chi connectivity index (χ1n) is 17.6. The topological polar surface area (TPSA) is 94.8 Å². The fourth-order valence-electron chi connectivity index (χ4n) is 6.87. The molecule has 0 aliphatic carbocycles. The maximum atomic E-state index is 14.3. The molecule has 0 saturated carbocycles. The number of nitrogens with one attached hydrogen (secondary N) is 1. The number of carbonyl (C=O) groups excluding carboxylic acids is 1. The standard InChI is InChI=1S/C45H40BrN3O5/c1-52-38-19-15-36(16-20-38)45(35-8-4-3-5-9-35,37-17-21-39(53-2)22-18-37)54-26-25-48-44(51)43-42(46)40-23-14-33(34-7-6-24-47-28-34)27-41(40)49(43)29-31-10-12-32(30-50)13-11-31/h3-24,27-28,50H,25-26,29-30H2,1-2H3,(H,48,51). The number of fused-ring (bicyclic) bond motifs is 1. The second-order valence-corrected chi connectivity index (χ2v) is 13.6. The van der Waals surface area contributed by atoms with Gasteiger partial charge in [-0.2, -0.15) is 0 Å². The van der Waals surface area contributed by atoms with E-state index in [0.717, 1.165) is 61.3 Å². The van der Waals surface area contributed by atoms with Gasteiger partial charge in [0.15, 0.2) is 0 Å². The lowest BCUT2D eigenvalue weighted by Gasteiger charge is -2.36. The minimum absolute atomic E-state index is 0.0367. The summed E-state index contributed by atoms with van der Waals surface area (Å²) in [5, 5.41) is 13.7. The number of pyridine rings is 1. The highest BCUT2D eigenvalue weighted by Gasteiger charge is 2.38. The zero-order chi connectivity index (χ0) is 37.5. The van der Waals surface area contributed by atoms with E-state index in [4.69, 9.17) is 14.2 Å². The zero-order valence-corrected chi connectivity index (χ0v) is 31.6. The Morgan fingerprint density at radius 3 is 1.98 bits per heavy atom. The van der Waals surface area contributed by atoms with E-state index in [2.05, 4.69) is 44.4 Å². The first-order chi connectivity index (χ1) is 26.4. The summed E-state index contributed by atoms with van der Waals surface area (Å²) in [5.74, 6) is 1.23. The third kappa shape index (κ3) is 7.39. The summed E-state index contributed by atoms with van der Waals surface area (Å²) in [5.41, 5.74) is 6.93. The smallest absolute Gasteiger partial charge is 0.269 e. The summed E-state index contributed by atoms with van der Waals surface area (Å²) in [6.07, 6.45) is 3.58. The number of aromatic nitrogens is 2. The molecule has 5 aromatic carbocycles. The Bertz CT molecular complexity index is 2280. The van der Waals surface area contributed by atoms with E-state index in [-0.39, 0.29) is 25.7 Å². The van der Waals surface area contributed by atoms with Gasteiger partial charge < -0.3 is 29.2 Å². The van der Waals surface area contributed by atoms with Crippen molar-refractivity contribution in [2.45, 2.75) is 18.8 Å². The molecule has 7 rings (SSSR count). The molecule has 272 valence electrons. The first kappa shape index (κ1) is 36.6. The van der Waals surface area contributed by atoms with Crippen LogP contribution in [-0.2, 0) is 23.5 Å². The molecular formula is C45H40BrN3O5. The van der Waals surface area contributed by atoms with E-state index in [1.54, 1.807) is 20.4 Å². The molecule has 0 atom stereocenters. The second kappa shape index (κ2) is 16.5. The Morgan fingerprint density at radius 2 is 1.39 bits per heavy atom. The van der Waals surface area contributed by atoms with E-state index < -0.39 is 5.60 Å². The normalized spacial score (nSPS) is 11.4. The summed E-state index contributed by atoms with van der Waals surface area (Å²) in [6.45, 7) is 0.838. The van der Waals surface area contributed by atoms with Crippen LogP contribution in [0.2, 0.25) is 0 Å². The van der Waals surface area contributed by atoms with Crippen LogP contribution in [-0.4, -0.2) is 47.9 Å². The second-order valence-electron chi connectivity index (χ2n) is 12.8. The maximum Gasteiger partial charge on any atom is 0.269 e. The number of benzene rings is 5. The van der Waals surface area contributed by atoms with Crippen molar-refractivity contribution in [3.63, 3.8) is 0 Å². The Hall–Kier alpha value is -5.74. The van der Waals surface area contributed by atoms with E-state index in [1.165, 1.54) is 0 Å². The lowest BCUT2D eigenvalue weighted by molar-refractivity contribution is 0.0148. The first-order valence-corrected chi connectivity index (χ1v) is 18.4. The van der Waals surface area contributed by atoms with Gasteiger partial charge in [0, 0.05) is 36.4 Å². The summed E-state index contributed by atoms with van der Waals surface area (Å²) in [4.78, 5) is 18.6. The molecule has 54 heavy (non-hydrogen) atoms. The largest absolute Gasteiger partial charge is 0.497 e. The van der Waals surface area contributed by atoms with Crippen molar-refractivity contribution in [1.82, 2.24) is 14.9 Å². The number of hydrogen-bond donors (Lipinski definition) is 2. The quantitative estimate of drug-likeness (QED) is 0.0847. The van der Waals surface area contributed by atoms with E-state index in [0.29, 0.717) is 16.7 Å². The van der Waals surface area contributed by atoms with Gasteiger partial charge >= 0.3 is 0 Å². The van der Waals surface area contributed by atoms with Gasteiger partial charge in [-0.3, -0.25) is 9.78 Å². The van der Waals surface area contributed by atoms with Crippen LogP contribution in [0.3, 0.4) is 0 Å². The maximum absolute atomic E-state index is 14.3. The third-order valence-corrected chi connectivity index (χ3v) is 10.4. The van der Waals surface area contributed by atoms with Crippen molar-refractivity contribution < 1.29 is 24.1 Å². The van der Waals surface area contributed by atoms with Crippen molar-refractivity contribution >= 4 is 32.7 Å². The average Bonchev–Trinajstić information content (AvgIpc) is 3.51. The molecule has 8 nitrogen and oxygen atoms in total. The fraction of sp³-hybridized carbons (Fsp3) is 0.156. The van der Waals surface area contributed by atoms with Gasteiger partial charge in [0.25, 0.3) is 5.91 Å². The number of nitrogens with zero attached hydrogens (tertiary/aromatic N) is 2. The van der Waals surface area contributed by atoms with Crippen LogP contribution < -0.4 is 14.8 Å². The molecule has 2 heterocycles. The van der Waals surface area contributed by atoms with Crippen molar-refractivity contribution in [1.29, 1.82) is 0 Å². The van der Waals surface area contributed by atoms with Crippen LogP contribution >= 0.6 is 15.9 Å². The molecule has 9 heteroatoms.